The summed E-state index contributed by atoms with van der Waals surface area (Å²) in [5, 5.41) is 0. The van der Waals surface area contributed by atoms with E-state index < -0.39 is 5.60 Å². The zero-order valence-electron chi connectivity index (χ0n) is 14.6. The molecule has 0 aromatic carbocycles. The second-order valence-electron chi connectivity index (χ2n) is 6.76. The van der Waals surface area contributed by atoms with Crippen molar-refractivity contribution < 1.29 is 9.53 Å². The van der Waals surface area contributed by atoms with Crippen LogP contribution in [-0.2, 0) is 4.74 Å². The van der Waals surface area contributed by atoms with Crippen LogP contribution in [0.4, 0.5) is 4.79 Å². The average molecular weight is 312 g/mol. The highest BCUT2D eigenvalue weighted by atomic mass is 16.6. The number of unbranched alkanes of at least 4 members (excludes halogenated alkanes) is 3. The lowest BCUT2D eigenvalue weighted by Gasteiger charge is -2.36. The van der Waals surface area contributed by atoms with Crippen LogP contribution in [0.5, 0.6) is 0 Å². The van der Waals surface area contributed by atoms with Gasteiger partial charge in [-0.3, -0.25) is 4.99 Å². The molecular formula is C16H32N4O2. The molecule has 1 rings (SSSR count). The largest absolute Gasteiger partial charge is 0.444 e. The number of piperazine rings is 1. The molecule has 1 fully saturated rings. The number of hydrogen-bond donors (Lipinski definition) is 1. The van der Waals surface area contributed by atoms with Gasteiger partial charge in [0.1, 0.15) is 5.60 Å². The highest BCUT2D eigenvalue weighted by molar-refractivity contribution is 5.78. The first kappa shape index (κ1) is 18.6. The number of amides is 1. The fourth-order valence-electron chi connectivity index (χ4n) is 2.28. The number of nitrogens with zero attached hydrogens (tertiary/aromatic N) is 3. The molecule has 0 atom stereocenters. The van der Waals surface area contributed by atoms with Crippen molar-refractivity contribution in [2.45, 2.75) is 59.0 Å². The highest BCUT2D eigenvalue weighted by Gasteiger charge is 2.26. The monoisotopic (exact) mass is 312 g/mol. The van der Waals surface area contributed by atoms with E-state index in [2.05, 4.69) is 11.9 Å². The maximum absolute atomic E-state index is 12.0. The second-order valence-corrected chi connectivity index (χ2v) is 6.76. The molecule has 0 saturated carbocycles. The molecule has 22 heavy (non-hydrogen) atoms. The van der Waals surface area contributed by atoms with Gasteiger partial charge in [-0.15, -0.1) is 0 Å². The zero-order valence-corrected chi connectivity index (χ0v) is 14.6. The number of guanidine groups is 1. The van der Waals surface area contributed by atoms with Crippen LogP contribution in [0.25, 0.3) is 0 Å². The van der Waals surface area contributed by atoms with E-state index in [0.29, 0.717) is 32.1 Å². The maximum Gasteiger partial charge on any atom is 0.410 e. The molecule has 1 aliphatic rings. The summed E-state index contributed by atoms with van der Waals surface area (Å²) in [7, 11) is 0. The van der Waals surface area contributed by atoms with Gasteiger partial charge in [-0.1, -0.05) is 26.2 Å². The quantitative estimate of drug-likeness (QED) is 0.481. The number of ether oxygens (including phenoxy) is 1. The molecule has 2 N–H and O–H groups in total. The van der Waals surface area contributed by atoms with E-state index in [4.69, 9.17) is 10.5 Å². The van der Waals surface area contributed by atoms with Crippen LogP contribution in [0.1, 0.15) is 53.4 Å². The van der Waals surface area contributed by atoms with Gasteiger partial charge in [0.15, 0.2) is 5.96 Å². The van der Waals surface area contributed by atoms with Crippen molar-refractivity contribution in [3.63, 3.8) is 0 Å². The number of nitrogens with two attached hydrogens (primary N) is 1. The van der Waals surface area contributed by atoms with Crippen molar-refractivity contribution in [2.75, 3.05) is 32.7 Å². The minimum atomic E-state index is -0.451. The van der Waals surface area contributed by atoms with E-state index >= 15 is 0 Å². The fourth-order valence-corrected chi connectivity index (χ4v) is 2.28. The lowest BCUT2D eigenvalue weighted by Crippen LogP contribution is -2.53. The van der Waals surface area contributed by atoms with E-state index in [-0.39, 0.29) is 6.09 Å². The molecule has 1 amide bonds. The third-order valence-corrected chi connectivity index (χ3v) is 3.54. The van der Waals surface area contributed by atoms with Crippen LogP contribution in [0.2, 0.25) is 0 Å². The van der Waals surface area contributed by atoms with Crippen molar-refractivity contribution in [1.82, 2.24) is 9.80 Å². The highest BCUT2D eigenvalue weighted by Crippen LogP contribution is 2.11. The van der Waals surface area contributed by atoms with Crippen molar-refractivity contribution in [1.29, 1.82) is 0 Å². The van der Waals surface area contributed by atoms with Crippen molar-refractivity contribution in [3.8, 4) is 0 Å². The normalized spacial score (nSPS) is 16.8. The smallest absolute Gasteiger partial charge is 0.410 e. The van der Waals surface area contributed by atoms with Crippen molar-refractivity contribution in [3.05, 3.63) is 0 Å². The first-order valence-corrected chi connectivity index (χ1v) is 8.36. The molecule has 0 radical (unpaired) electrons. The number of hydrogen-bond acceptors (Lipinski definition) is 3. The molecule has 1 saturated heterocycles. The lowest BCUT2D eigenvalue weighted by atomic mass is 10.2. The lowest BCUT2D eigenvalue weighted by molar-refractivity contribution is 0.0186. The van der Waals surface area contributed by atoms with Crippen LogP contribution >= 0.6 is 0 Å². The molecule has 6 heteroatoms. The number of carbonyl (C=O) groups excluding carboxylic acids is 1. The van der Waals surface area contributed by atoms with Gasteiger partial charge in [-0.2, -0.15) is 0 Å². The van der Waals surface area contributed by atoms with E-state index in [1.54, 1.807) is 4.90 Å². The third-order valence-electron chi connectivity index (χ3n) is 3.54. The van der Waals surface area contributed by atoms with Crippen LogP contribution in [-0.4, -0.2) is 60.2 Å². The summed E-state index contributed by atoms with van der Waals surface area (Å²) < 4.78 is 5.38. The molecule has 1 aliphatic heterocycles. The van der Waals surface area contributed by atoms with Gasteiger partial charge >= 0.3 is 6.09 Å². The topological polar surface area (TPSA) is 71.2 Å². The summed E-state index contributed by atoms with van der Waals surface area (Å²) in [6.45, 7) is 11.3. The van der Waals surface area contributed by atoms with E-state index in [1.165, 1.54) is 19.3 Å². The van der Waals surface area contributed by atoms with Gasteiger partial charge in [-0.25, -0.2) is 4.79 Å². The maximum atomic E-state index is 12.0. The molecule has 0 unspecified atom stereocenters. The third kappa shape index (κ3) is 7.00. The summed E-state index contributed by atoms with van der Waals surface area (Å²) in [6, 6.07) is 0. The molecule has 6 nitrogen and oxygen atoms in total. The van der Waals surface area contributed by atoms with Crippen molar-refractivity contribution in [2.24, 2.45) is 10.7 Å². The van der Waals surface area contributed by atoms with Crippen LogP contribution in [0.3, 0.4) is 0 Å². The van der Waals surface area contributed by atoms with Gasteiger partial charge in [-0.05, 0) is 27.2 Å². The Balaban J connectivity index is 2.32. The van der Waals surface area contributed by atoms with E-state index in [1.807, 2.05) is 25.7 Å². The van der Waals surface area contributed by atoms with Crippen LogP contribution in [0.15, 0.2) is 4.99 Å². The van der Waals surface area contributed by atoms with Gasteiger partial charge in [0.2, 0.25) is 0 Å². The predicted molar refractivity (Wildman–Crippen MR) is 90.0 cm³/mol. The van der Waals surface area contributed by atoms with Gasteiger partial charge in [0.05, 0.1) is 0 Å². The Bertz CT molecular complexity index is 369. The number of carbonyl (C=O) groups is 1. The summed E-state index contributed by atoms with van der Waals surface area (Å²) in [6.07, 6.45) is 4.53. The SMILES string of the molecule is CCCCCCN=C(N)N1CCN(C(=O)OC(C)(C)C)CC1. The summed E-state index contributed by atoms with van der Waals surface area (Å²) >= 11 is 0. The molecular weight excluding hydrogens is 280 g/mol. The van der Waals surface area contributed by atoms with Crippen molar-refractivity contribution >= 4 is 12.1 Å². The Hall–Kier alpha value is -1.46. The van der Waals surface area contributed by atoms with Gasteiger partial charge in [0, 0.05) is 32.7 Å². The summed E-state index contributed by atoms with van der Waals surface area (Å²) in [4.78, 5) is 20.2. The van der Waals surface area contributed by atoms with E-state index in [0.717, 1.165) is 13.0 Å². The first-order chi connectivity index (χ1) is 10.3. The Kier molecular flexibility index (Phi) is 7.48. The number of aliphatic imine (C=N–C) groups is 1. The standard InChI is InChI=1S/C16H32N4O2/c1-5-6-7-8-9-18-14(17)19-10-12-20(13-11-19)15(21)22-16(2,3)4/h5-13H2,1-4H3,(H2,17,18). The Morgan fingerprint density at radius 1 is 1.09 bits per heavy atom. The average Bonchev–Trinajstić information content (AvgIpc) is 2.45. The summed E-state index contributed by atoms with van der Waals surface area (Å²) in [5.41, 5.74) is 5.58. The van der Waals surface area contributed by atoms with Gasteiger partial charge in [0.25, 0.3) is 0 Å². The molecule has 0 aromatic heterocycles. The Labute approximate surface area is 134 Å². The molecule has 0 spiro atoms. The summed E-state index contributed by atoms with van der Waals surface area (Å²) in [5.74, 6) is 0.598. The van der Waals surface area contributed by atoms with E-state index in [9.17, 15) is 4.79 Å². The van der Waals surface area contributed by atoms with Crippen LogP contribution < -0.4 is 5.73 Å². The fraction of sp³-hybridized carbons (Fsp3) is 0.875. The molecule has 0 bridgehead atoms. The molecule has 128 valence electrons. The number of rotatable bonds is 5. The Morgan fingerprint density at radius 3 is 2.23 bits per heavy atom. The Morgan fingerprint density at radius 2 is 1.68 bits per heavy atom. The second kappa shape index (κ2) is 8.86. The van der Waals surface area contributed by atoms with Crippen LogP contribution in [0, 0.1) is 0 Å². The first-order valence-electron chi connectivity index (χ1n) is 8.36. The molecule has 0 aromatic rings. The minimum Gasteiger partial charge on any atom is -0.444 e. The molecule has 1 heterocycles. The minimum absolute atomic E-state index is 0.248. The van der Waals surface area contributed by atoms with Gasteiger partial charge < -0.3 is 20.3 Å². The predicted octanol–water partition coefficient (Wildman–Crippen LogP) is 2.43. The zero-order chi connectivity index (χ0) is 16.6. The molecule has 0 aliphatic carbocycles.